The van der Waals surface area contributed by atoms with Gasteiger partial charge in [0, 0.05) is 6.04 Å². The summed E-state index contributed by atoms with van der Waals surface area (Å²) in [6.07, 6.45) is 4.08. The average molecular weight is 183 g/mol. The molecule has 0 aromatic carbocycles. The topological polar surface area (TPSA) is 12.0 Å². The first kappa shape index (κ1) is 11.0. The lowest BCUT2D eigenvalue weighted by atomic mass is 9.80. The molecule has 3 atom stereocenters. The summed E-state index contributed by atoms with van der Waals surface area (Å²) in [6, 6.07) is 0.783. The molecule has 1 rings (SSSR count). The first-order valence-electron chi connectivity index (χ1n) is 5.88. The molecule has 2 unspecified atom stereocenters. The van der Waals surface area contributed by atoms with E-state index in [2.05, 4.69) is 33.0 Å². The van der Waals surface area contributed by atoms with Gasteiger partial charge in [0.25, 0.3) is 0 Å². The summed E-state index contributed by atoms with van der Waals surface area (Å²) in [5, 5.41) is 3.65. The second kappa shape index (κ2) is 4.99. The molecule has 0 aliphatic carbocycles. The smallest absolute Gasteiger partial charge is 0.00953 e. The first-order valence-corrected chi connectivity index (χ1v) is 5.88. The van der Waals surface area contributed by atoms with Gasteiger partial charge in [-0.2, -0.15) is 0 Å². The quantitative estimate of drug-likeness (QED) is 0.709. The third-order valence-corrected chi connectivity index (χ3v) is 3.75. The van der Waals surface area contributed by atoms with Crippen LogP contribution < -0.4 is 5.32 Å². The number of hydrogen-bond donors (Lipinski definition) is 1. The van der Waals surface area contributed by atoms with Crippen LogP contribution in [0.25, 0.3) is 0 Å². The lowest BCUT2D eigenvalue weighted by Gasteiger charge is -2.35. The fourth-order valence-electron chi connectivity index (χ4n) is 2.30. The van der Waals surface area contributed by atoms with E-state index in [0.717, 1.165) is 23.8 Å². The second-order valence-corrected chi connectivity index (χ2v) is 4.97. The summed E-state index contributed by atoms with van der Waals surface area (Å²) in [5.41, 5.74) is 0. The van der Waals surface area contributed by atoms with Crippen LogP contribution in [0.4, 0.5) is 0 Å². The first-order chi connectivity index (χ1) is 6.15. The zero-order chi connectivity index (χ0) is 9.84. The van der Waals surface area contributed by atoms with Crippen LogP contribution in [0.5, 0.6) is 0 Å². The van der Waals surface area contributed by atoms with Gasteiger partial charge < -0.3 is 5.32 Å². The maximum absolute atomic E-state index is 3.65. The minimum Gasteiger partial charge on any atom is -0.314 e. The molecule has 0 bridgehead atoms. The highest BCUT2D eigenvalue weighted by Gasteiger charge is 2.26. The van der Waals surface area contributed by atoms with Crippen LogP contribution in [0.3, 0.4) is 0 Å². The SMILES string of the molecule is CC[C@@H](C)C1CC(C(C)C)CCN1. The van der Waals surface area contributed by atoms with Crippen molar-refractivity contribution in [3.05, 3.63) is 0 Å². The Labute approximate surface area is 83.3 Å². The van der Waals surface area contributed by atoms with Crippen LogP contribution >= 0.6 is 0 Å². The monoisotopic (exact) mass is 183 g/mol. The van der Waals surface area contributed by atoms with Gasteiger partial charge in [0.05, 0.1) is 0 Å². The molecule has 1 heteroatoms. The van der Waals surface area contributed by atoms with Gasteiger partial charge in [-0.3, -0.25) is 0 Å². The van der Waals surface area contributed by atoms with Gasteiger partial charge >= 0.3 is 0 Å². The third kappa shape index (κ3) is 2.98. The predicted octanol–water partition coefficient (Wildman–Crippen LogP) is 3.06. The van der Waals surface area contributed by atoms with Gasteiger partial charge in [-0.15, -0.1) is 0 Å². The Bertz CT molecular complexity index is 142. The molecule has 1 aliphatic rings. The lowest BCUT2D eigenvalue weighted by Crippen LogP contribution is -2.43. The van der Waals surface area contributed by atoms with Crippen molar-refractivity contribution in [1.29, 1.82) is 0 Å². The molecule has 78 valence electrons. The fraction of sp³-hybridized carbons (Fsp3) is 1.00. The van der Waals surface area contributed by atoms with E-state index in [1.807, 2.05) is 0 Å². The largest absolute Gasteiger partial charge is 0.314 e. The number of hydrogen-bond acceptors (Lipinski definition) is 1. The summed E-state index contributed by atoms with van der Waals surface area (Å²) in [6.45, 7) is 10.6. The van der Waals surface area contributed by atoms with Crippen molar-refractivity contribution < 1.29 is 0 Å². The van der Waals surface area contributed by atoms with Gasteiger partial charge in [-0.05, 0) is 37.1 Å². The minimum atomic E-state index is 0.783. The van der Waals surface area contributed by atoms with Gasteiger partial charge in [0.1, 0.15) is 0 Å². The molecule has 0 aromatic rings. The van der Waals surface area contributed by atoms with Gasteiger partial charge in [-0.25, -0.2) is 0 Å². The molecule has 13 heavy (non-hydrogen) atoms. The molecule has 0 spiro atoms. The van der Waals surface area contributed by atoms with Crippen molar-refractivity contribution in [3.63, 3.8) is 0 Å². The molecule has 1 nitrogen and oxygen atoms in total. The molecule has 0 amide bonds. The molecule has 1 heterocycles. The normalized spacial score (nSPS) is 32.1. The Morgan fingerprint density at radius 2 is 2.00 bits per heavy atom. The van der Waals surface area contributed by atoms with E-state index in [1.54, 1.807) is 0 Å². The minimum absolute atomic E-state index is 0.783. The average Bonchev–Trinajstić information content (AvgIpc) is 2.17. The molecular weight excluding hydrogens is 158 g/mol. The van der Waals surface area contributed by atoms with Gasteiger partial charge in [0.15, 0.2) is 0 Å². The molecule has 0 radical (unpaired) electrons. The van der Waals surface area contributed by atoms with Crippen LogP contribution in [0.15, 0.2) is 0 Å². The van der Waals surface area contributed by atoms with Gasteiger partial charge in [0.2, 0.25) is 0 Å². The predicted molar refractivity (Wildman–Crippen MR) is 58.8 cm³/mol. The molecule has 1 N–H and O–H groups in total. The van der Waals surface area contributed by atoms with E-state index >= 15 is 0 Å². The summed E-state index contributed by atoms with van der Waals surface area (Å²) < 4.78 is 0. The van der Waals surface area contributed by atoms with Crippen molar-refractivity contribution in [2.75, 3.05) is 6.54 Å². The Morgan fingerprint density at radius 3 is 2.54 bits per heavy atom. The Balaban J connectivity index is 2.41. The lowest BCUT2D eigenvalue weighted by molar-refractivity contribution is 0.202. The highest BCUT2D eigenvalue weighted by atomic mass is 14.9. The van der Waals surface area contributed by atoms with Crippen molar-refractivity contribution in [2.45, 2.75) is 53.0 Å². The summed E-state index contributed by atoms with van der Waals surface area (Å²) in [5.74, 6) is 2.68. The third-order valence-electron chi connectivity index (χ3n) is 3.75. The van der Waals surface area contributed by atoms with Gasteiger partial charge in [-0.1, -0.05) is 34.1 Å². The molecule has 1 fully saturated rings. The van der Waals surface area contributed by atoms with Crippen LogP contribution in [0.2, 0.25) is 0 Å². The Hall–Kier alpha value is -0.0400. The van der Waals surface area contributed by atoms with Crippen molar-refractivity contribution in [2.24, 2.45) is 17.8 Å². The summed E-state index contributed by atoms with van der Waals surface area (Å²) in [4.78, 5) is 0. The zero-order valence-corrected chi connectivity index (χ0v) is 9.64. The highest BCUT2D eigenvalue weighted by Crippen LogP contribution is 2.27. The highest BCUT2D eigenvalue weighted by molar-refractivity contribution is 4.82. The van der Waals surface area contributed by atoms with Crippen LogP contribution in [-0.4, -0.2) is 12.6 Å². The molecule has 1 aliphatic heterocycles. The maximum atomic E-state index is 3.65. The summed E-state index contributed by atoms with van der Waals surface area (Å²) >= 11 is 0. The van der Waals surface area contributed by atoms with E-state index in [4.69, 9.17) is 0 Å². The maximum Gasteiger partial charge on any atom is 0.00953 e. The Kier molecular flexibility index (Phi) is 4.24. The van der Waals surface area contributed by atoms with E-state index in [9.17, 15) is 0 Å². The molecule has 0 aromatic heterocycles. The van der Waals surface area contributed by atoms with E-state index in [1.165, 1.54) is 25.8 Å². The van der Waals surface area contributed by atoms with Crippen molar-refractivity contribution in [3.8, 4) is 0 Å². The zero-order valence-electron chi connectivity index (χ0n) is 9.64. The Morgan fingerprint density at radius 1 is 1.31 bits per heavy atom. The van der Waals surface area contributed by atoms with Crippen LogP contribution in [0.1, 0.15) is 47.0 Å². The standard InChI is InChI=1S/C12H25N/c1-5-10(4)12-8-11(9(2)3)6-7-13-12/h9-13H,5-8H2,1-4H3/t10-,11?,12?/m1/s1. The second-order valence-electron chi connectivity index (χ2n) is 4.97. The number of nitrogens with one attached hydrogen (secondary N) is 1. The number of rotatable bonds is 3. The molecule has 1 saturated heterocycles. The number of piperidine rings is 1. The van der Waals surface area contributed by atoms with E-state index < -0.39 is 0 Å². The van der Waals surface area contributed by atoms with Crippen molar-refractivity contribution in [1.82, 2.24) is 5.32 Å². The van der Waals surface area contributed by atoms with E-state index in [-0.39, 0.29) is 0 Å². The van der Waals surface area contributed by atoms with Crippen LogP contribution in [-0.2, 0) is 0 Å². The molecular formula is C12H25N. The van der Waals surface area contributed by atoms with Crippen LogP contribution in [0, 0.1) is 17.8 Å². The molecule has 0 saturated carbocycles. The fourth-order valence-corrected chi connectivity index (χ4v) is 2.30. The summed E-state index contributed by atoms with van der Waals surface area (Å²) in [7, 11) is 0. The van der Waals surface area contributed by atoms with Crippen molar-refractivity contribution >= 4 is 0 Å². The van der Waals surface area contributed by atoms with E-state index in [0.29, 0.717) is 0 Å².